The first-order valence-corrected chi connectivity index (χ1v) is 8.50. The van der Waals surface area contributed by atoms with Crippen molar-refractivity contribution in [3.8, 4) is 0 Å². The van der Waals surface area contributed by atoms with E-state index in [1.54, 1.807) is 7.05 Å². The second-order valence-corrected chi connectivity index (χ2v) is 5.65. The lowest BCUT2D eigenvalue weighted by atomic mass is 10.3. The van der Waals surface area contributed by atoms with E-state index in [2.05, 4.69) is 30.8 Å². The molecule has 0 saturated heterocycles. The minimum atomic E-state index is 0.797. The number of aromatic nitrogens is 4. The molecule has 7 heteroatoms. The van der Waals surface area contributed by atoms with Gasteiger partial charge >= 0.3 is 0 Å². The van der Waals surface area contributed by atoms with Crippen molar-refractivity contribution in [1.82, 2.24) is 30.2 Å². The summed E-state index contributed by atoms with van der Waals surface area (Å²) in [7, 11) is 1.78. The molecule has 0 aliphatic heterocycles. The topological polar surface area (TPSA) is 79.5 Å². The van der Waals surface area contributed by atoms with Gasteiger partial charge in [0.2, 0.25) is 0 Å². The first-order valence-electron chi connectivity index (χ1n) is 8.50. The molecule has 0 amide bonds. The molecule has 2 N–H and O–H groups in total. The van der Waals surface area contributed by atoms with Crippen LogP contribution in [0.4, 0.5) is 0 Å². The lowest BCUT2D eigenvalue weighted by molar-refractivity contribution is 0.711. The molecule has 0 aliphatic rings. The molecule has 0 spiro atoms. The zero-order valence-corrected chi connectivity index (χ0v) is 14.4. The van der Waals surface area contributed by atoms with E-state index in [0.29, 0.717) is 0 Å². The summed E-state index contributed by atoms with van der Waals surface area (Å²) >= 11 is 0. The van der Waals surface area contributed by atoms with Crippen molar-refractivity contribution < 1.29 is 0 Å². The van der Waals surface area contributed by atoms with Crippen LogP contribution < -0.4 is 10.6 Å². The molecule has 130 valence electrons. The van der Waals surface area contributed by atoms with Gasteiger partial charge in [-0.25, -0.2) is 0 Å². The van der Waals surface area contributed by atoms with E-state index in [0.717, 1.165) is 55.5 Å². The quantitative estimate of drug-likeness (QED) is 0.388. The van der Waals surface area contributed by atoms with E-state index in [9.17, 15) is 0 Å². The average molecular weight is 337 g/mol. The van der Waals surface area contributed by atoms with Crippen LogP contribution in [0, 0.1) is 0 Å². The third kappa shape index (κ3) is 4.76. The number of nitrogens with one attached hydrogen (secondary N) is 2. The highest BCUT2D eigenvalue weighted by Gasteiger charge is 2.04. The Balaban J connectivity index is 1.38. The van der Waals surface area contributed by atoms with Crippen LogP contribution in [0.5, 0.6) is 0 Å². The van der Waals surface area contributed by atoms with E-state index >= 15 is 0 Å². The smallest absolute Gasteiger partial charge is 0.190 e. The van der Waals surface area contributed by atoms with E-state index in [1.807, 2.05) is 53.2 Å². The van der Waals surface area contributed by atoms with Crippen molar-refractivity contribution in [3.05, 3.63) is 60.3 Å². The second kappa shape index (κ2) is 8.77. The highest BCUT2D eigenvalue weighted by atomic mass is 15.2. The minimum absolute atomic E-state index is 0.797. The summed E-state index contributed by atoms with van der Waals surface area (Å²) in [6.45, 7) is 1.62. The van der Waals surface area contributed by atoms with Gasteiger partial charge in [-0.1, -0.05) is 12.1 Å². The number of guanidine groups is 1. The van der Waals surface area contributed by atoms with Gasteiger partial charge in [-0.05, 0) is 30.7 Å². The van der Waals surface area contributed by atoms with Crippen LogP contribution in [-0.4, -0.2) is 45.7 Å². The summed E-state index contributed by atoms with van der Waals surface area (Å²) < 4.78 is 2.03. The van der Waals surface area contributed by atoms with E-state index in [4.69, 9.17) is 0 Å². The van der Waals surface area contributed by atoms with Crippen molar-refractivity contribution in [2.75, 3.05) is 20.1 Å². The number of hydrogen-bond donors (Lipinski definition) is 2. The summed E-state index contributed by atoms with van der Waals surface area (Å²) in [5, 5.41) is 15.1. The molecule has 3 aromatic heterocycles. The Hall–Kier alpha value is -2.96. The molecule has 0 saturated carbocycles. The number of aryl methyl sites for hydroxylation is 1. The van der Waals surface area contributed by atoms with Gasteiger partial charge in [-0.2, -0.15) is 0 Å². The maximum absolute atomic E-state index is 4.31. The molecule has 0 fully saturated rings. The summed E-state index contributed by atoms with van der Waals surface area (Å²) in [6.07, 6.45) is 6.50. The molecule has 0 aliphatic carbocycles. The Morgan fingerprint density at radius 2 is 1.92 bits per heavy atom. The van der Waals surface area contributed by atoms with Crippen LogP contribution in [0.15, 0.2) is 53.8 Å². The molecule has 3 rings (SSSR count). The largest absolute Gasteiger partial charge is 0.356 e. The SMILES string of the molecule is CN=C(NCCCc1nnc2ccccn12)NCCc1ccccn1. The van der Waals surface area contributed by atoms with Gasteiger partial charge in [0.05, 0.1) is 0 Å². The predicted octanol–water partition coefficient (Wildman–Crippen LogP) is 1.46. The summed E-state index contributed by atoms with van der Waals surface area (Å²) in [4.78, 5) is 8.56. The van der Waals surface area contributed by atoms with Crippen molar-refractivity contribution >= 4 is 11.6 Å². The first kappa shape index (κ1) is 16.9. The monoisotopic (exact) mass is 337 g/mol. The lowest BCUT2D eigenvalue weighted by Crippen LogP contribution is -2.38. The average Bonchev–Trinajstić information content (AvgIpc) is 3.08. The molecule has 0 aromatic carbocycles. The molecule has 0 radical (unpaired) electrons. The zero-order chi connectivity index (χ0) is 17.3. The lowest BCUT2D eigenvalue weighted by Gasteiger charge is -2.11. The Morgan fingerprint density at radius 3 is 2.76 bits per heavy atom. The Labute approximate surface area is 147 Å². The molecule has 0 atom stereocenters. The van der Waals surface area contributed by atoms with Crippen LogP contribution in [0.3, 0.4) is 0 Å². The predicted molar refractivity (Wildman–Crippen MR) is 98.6 cm³/mol. The number of fused-ring (bicyclic) bond motifs is 1. The molecule has 0 unspecified atom stereocenters. The minimum Gasteiger partial charge on any atom is -0.356 e. The van der Waals surface area contributed by atoms with Crippen molar-refractivity contribution in [2.45, 2.75) is 19.3 Å². The van der Waals surface area contributed by atoms with Gasteiger partial charge in [-0.3, -0.25) is 14.4 Å². The van der Waals surface area contributed by atoms with Crippen LogP contribution in [0.25, 0.3) is 5.65 Å². The van der Waals surface area contributed by atoms with Gasteiger partial charge in [0.1, 0.15) is 5.82 Å². The van der Waals surface area contributed by atoms with Gasteiger partial charge in [-0.15, -0.1) is 10.2 Å². The Bertz CT molecular complexity index is 810. The van der Waals surface area contributed by atoms with Crippen molar-refractivity contribution in [3.63, 3.8) is 0 Å². The normalized spacial score (nSPS) is 11.6. The molecule has 0 bridgehead atoms. The van der Waals surface area contributed by atoms with Gasteiger partial charge in [0, 0.05) is 51.1 Å². The van der Waals surface area contributed by atoms with Gasteiger partial charge in [0.15, 0.2) is 11.6 Å². The maximum atomic E-state index is 4.31. The van der Waals surface area contributed by atoms with E-state index < -0.39 is 0 Å². The zero-order valence-electron chi connectivity index (χ0n) is 14.4. The van der Waals surface area contributed by atoms with Crippen LogP contribution in [-0.2, 0) is 12.8 Å². The number of rotatable bonds is 7. The van der Waals surface area contributed by atoms with Crippen LogP contribution >= 0.6 is 0 Å². The molecular formula is C18H23N7. The van der Waals surface area contributed by atoms with E-state index in [1.165, 1.54) is 0 Å². The fourth-order valence-electron chi connectivity index (χ4n) is 2.59. The molecule has 7 nitrogen and oxygen atoms in total. The van der Waals surface area contributed by atoms with Crippen LogP contribution in [0.1, 0.15) is 17.9 Å². The van der Waals surface area contributed by atoms with Crippen LogP contribution in [0.2, 0.25) is 0 Å². The highest BCUT2D eigenvalue weighted by molar-refractivity contribution is 5.79. The Kier molecular flexibility index (Phi) is 5.92. The molecule has 3 aromatic rings. The summed E-state index contributed by atoms with van der Waals surface area (Å²) in [5.74, 6) is 1.79. The second-order valence-electron chi connectivity index (χ2n) is 5.65. The fraction of sp³-hybridized carbons (Fsp3) is 0.333. The number of nitrogens with zero attached hydrogens (tertiary/aromatic N) is 5. The highest BCUT2D eigenvalue weighted by Crippen LogP contribution is 2.04. The van der Waals surface area contributed by atoms with E-state index in [-0.39, 0.29) is 0 Å². The van der Waals surface area contributed by atoms with Gasteiger partial charge < -0.3 is 10.6 Å². The first-order chi connectivity index (χ1) is 12.4. The third-order valence-electron chi connectivity index (χ3n) is 3.88. The van der Waals surface area contributed by atoms with Crippen molar-refractivity contribution in [1.29, 1.82) is 0 Å². The third-order valence-corrected chi connectivity index (χ3v) is 3.88. The molecule has 25 heavy (non-hydrogen) atoms. The number of aliphatic imine (C=N–C) groups is 1. The molecule has 3 heterocycles. The maximum Gasteiger partial charge on any atom is 0.190 e. The number of pyridine rings is 2. The molecular weight excluding hydrogens is 314 g/mol. The van der Waals surface area contributed by atoms with Crippen molar-refractivity contribution in [2.24, 2.45) is 4.99 Å². The standard InChI is InChI=1S/C18H23N7/c1-19-18(22-13-10-15-7-2-4-11-20-15)21-12-6-9-17-24-23-16-8-3-5-14-25(16)17/h2-5,7-8,11,14H,6,9-10,12-13H2,1H3,(H2,19,21,22). The van der Waals surface area contributed by atoms with Gasteiger partial charge in [0.25, 0.3) is 0 Å². The summed E-state index contributed by atoms with van der Waals surface area (Å²) in [6, 6.07) is 11.9. The number of hydrogen-bond acceptors (Lipinski definition) is 4. The summed E-state index contributed by atoms with van der Waals surface area (Å²) in [5.41, 5.74) is 1.96. The Morgan fingerprint density at radius 1 is 1.04 bits per heavy atom. The fourth-order valence-corrected chi connectivity index (χ4v) is 2.59.